The second-order valence-corrected chi connectivity index (χ2v) is 12.5. The van der Waals surface area contributed by atoms with Crippen LogP contribution < -0.4 is 5.32 Å². The minimum atomic E-state index is -2.88. The van der Waals surface area contributed by atoms with Crippen LogP contribution in [0.5, 0.6) is 0 Å². The standard InChI is InChI=1S/C24H32FNO3Si/c1-17-21(29-22(14-15-27)23(17)30(2,3)25)13-12-18-8-7-11-20(16-18)26-24(28)19-9-5-4-6-10-19/h4-11,16-17,21-23,27H,12-15H2,1-3H3,(H,26,28)/t17-,21+,22-,23+/m0/s1. The monoisotopic (exact) mass is 429 g/mol. The second-order valence-electron chi connectivity index (χ2n) is 8.73. The molecule has 162 valence electrons. The zero-order valence-electron chi connectivity index (χ0n) is 18.0. The third-order valence-corrected chi connectivity index (χ3v) is 8.53. The number of nitrogens with one attached hydrogen (secondary N) is 1. The van der Waals surface area contributed by atoms with E-state index < -0.39 is 8.41 Å². The van der Waals surface area contributed by atoms with E-state index in [1.807, 2.05) is 42.5 Å². The van der Waals surface area contributed by atoms with Crippen LogP contribution >= 0.6 is 0 Å². The van der Waals surface area contributed by atoms with E-state index in [4.69, 9.17) is 4.74 Å². The Morgan fingerprint density at radius 1 is 1.10 bits per heavy atom. The number of rotatable bonds is 8. The molecule has 6 heteroatoms. The molecule has 0 aliphatic carbocycles. The molecule has 1 saturated heterocycles. The minimum absolute atomic E-state index is 0.0170. The van der Waals surface area contributed by atoms with Crippen molar-refractivity contribution in [1.82, 2.24) is 0 Å². The summed E-state index contributed by atoms with van der Waals surface area (Å²) in [6.45, 7) is 5.58. The SMILES string of the molecule is C[C@@H]1[C@@H]([Si](C)(C)F)[C@H](CCO)O[C@@H]1CCc1cccc(NC(=O)c2ccccc2)c1. The molecule has 0 bridgehead atoms. The topological polar surface area (TPSA) is 58.6 Å². The third kappa shape index (κ3) is 5.56. The largest absolute Gasteiger partial charge is 0.396 e. The number of ether oxygens (including phenoxy) is 1. The lowest BCUT2D eigenvalue weighted by Crippen LogP contribution is -2.36. The van der Waals surface area contributed by atoms with Crippen LogP contribution in [0.3, 0.4) is 0 Å². The highest BCUT2D eigenvalue weighted by Gasteiger charge is 2.50. The molecule has 1 heterocycles. The Hall–Kier alpha value is -2.02. The first-order chi connectivity index (χ1) is 14.3. The van der Waals surface area contributed by atoms with Gasteiger partial charge in [0.1, 0.15) is 0 Å². The molecular weight excluding hydrogens is 397 g/mol. The average molecular weight is 430 g/mol. The van der Waals surface area contributed by atoms with Crippen molar-refractivity contribution in [2.45, 2.75) is 57.0 Å². The highest BCUT2D eigenvalue weighted by Crippen LogP contribution is 2.46. The maximum atomic E-state index is 14.9. The summed E-state index contributed by atoms with van der Waals surface area (Å²) in [5.41, 5.74) is 2.40. The first kappa shape index (κ1) is 22.7. The molecule has 30 heavy (non-hydrogen) atoms. The van der Waals surface area contributed by atoms with Crippen molar-refractivity contribution in [1.29, 1.82) is 0 Å². The molecule has 0 aromatic heterocycles. The predicted octanol–water partition coefficient (Wildman–Crippen LogP) is 5.20. The van der Waals surface area contributed by atoms with Crippen molar-refractivity contribution in [2.24, 2.45) is 5.92 Å². The lowest BCUT2D eigenvalue weighted by molar-refractivity contribution is 0.0193. The molecule has 0 spiro atoms. The summed E-state index contributed by atoms with van der Waals surface area (Å²) < 4.78 is 21.1. The van der Waals surface area contributed by atoms with Crippen molar-refractivity contribution in [3.05, 3.63) is 65.7 Å². The van der Waals surface area contributed by atoms with Gasteiger partial charge in [0, 0.05) is 23.4 Å². The number of carbonyl (C=O) groups is 1. The van der Waals surface area contributed by atoms with Crippen LogP contribution in [0.1, 0.15) is 35.7 Å². The fourth-order valence-corrected chi connectivity index (χ4v) is 7.28. The van der Waals surface area contributed by atoms with Crippen LogP contribution in [0.2, 0.25) is 18.6 Å². The third-order valence-electron chi connectivity index (χ3n) is 6.05. The van der Waals surface area contributed by atoms with E-state index in [1.54, 1.807) is 25.2 Å². The van der Waals surface area contributed by atoms with E-state index in [-0.39, 0.29) is 36.2 Å². The fourth-order valence-electron chi connectivity index (χ4n) is 4.68. The Bertz CT molecular complexity index is 840. The molecule has 0 unspecified atom stereocenters. The minimum Gasteiger partial charge on any atom is -0.396 e. The van der Waals surface area contributed by atoms with Crippen molar-refractivity contribution >= 4 is 20.0 Å². The van der Waals surface area contributed by atoms with E-state index in [0.29, 0.717) is 12.0 Å². The lowest BCUT2D eigenvalue weighted by atomic mass is 9.95. The van der Waals surface area contributed by atoms with Gasteiger partial charge >= 0.3 is 0 Å². The van der Waals surface area contributed by atoms with Crippen LogP contribution in [-0.2, 0) is 11.2 Å². The molecule has 4 nitrogen and oxygen atoms in total. The average Bonchev–Trinajstić information content (AvgIpc) is 3.03. The molecule has 2 aromatic rings. The Kier molecular flexibility index (Phi) is 7.44. The Balaban J connectivity index is 1.62. The van der Waals surface area contributed by atoms with Gasteiger partial charge in [-0.2, -0.15) is 0 Å². The number of amides is 1. The Morgan fingerprint density at radius 2 is 1.83 bits per heavy atom. The highest BCUT2D eigenvalue weighted by atomic mass is 28.4. The highest BCUT2D eigenvalue weighted by molar-refractivity contribution is 6.72. The second kappa shape index (κ2) is 9.86. The molecule has 1 fully saturated rings. The maximum absolute atomic E-state index is 14.9. The molecular formula is C24H32FNO3Si. The normalized spacial score (nSPS) is 24.0. The van der Waals surface area contributed by atoms with E-state index >= 15 is 0 Å². The Morgan fingerprint density at radius 3 is 2.50 bits per heavy atom. The van der Waals surface area contributed by atoms with Gasteiger partial charge in [-0.1, -0.05) is 37.3 Å². The van der Waals surface area contributed by atoms with Gasteiger partial charge in [-0.05, 0) is 68.1 Å². The number of aryl methyl sites for hydroxylation is 1. The first-order valence-electron chi connectivity index (χ1n) is 10.7. The van der Waals surface area contributed by atoms with Crippen LogP contribution in [0.4, 0.5) is 9.80 Å². The molecule has 0 saturated carbocycles. The van der Waals surface area contributed by atoms with Gasteiger partial charge in [0.25, 0.3) is 5.91 Å². The number of hydrogen-bond donors (Lipinski definition) is 2. The lowest BCUT2D eigenvalue weighted by Gasteiger charge is -2.28. The van der Waals surface area contributed by atoms with Crippen molar-refractivity contribution in [2.75, 3.05) is 11.9 Å². The molecule has 0 radical (unpaired) electrons. The van der Waals surface area contributed by atoms with Crippen LogP contribution in [0, 0.1) is 5.92 Å². The summed E-state index contributed by atoms with van der Waals surface area (Å²) >= 11 is 0. The number of halogens is 1. The van der Waals surface area contributed by atoms with Crippen molar-refractivity contribution < 1.29 is 18.7 Å². The van der Waals surface area contributed by atoms with E-state index in [0.717, 1.165) is 24.1 Å². The molecule has 2 N–H and O–H groups in total. The van der Waals surface area contributed by atoms with Crippen molar-refractivity contribution in [3.8, 4) is 0 Å². The zero-order valence-corrected chi connectivity index (χ0v) is 19.0. The summed E-state index contributed by atoms with van der Waals surface area (Å²) in [7, 11) is -2.88. The van der Waals surface area contributed by atoms with Crippen LogP contribution in [0.15, 0.2) is 54.6 Å². The molecule has 1 aliphatic heterocycles. The molecule has 2 aromatic carbocycles. The van der Waals surface area contributed by atoms with Gasteiger partial charge in [0.15, 0.2) is 0 Å². The van der Waals surface area contributed by atoms with Gasteiger partial charge < -0.3 is 19.3 Å². The number of aliphatic hydroxyl groups is 1. The number of carbonyl (C=O) groups excluding carboxylic acids is 1. The number of anilines is 1. The fraction of sp³-hybridized carbons (Fsp3) is 0.458. The van der Waals surface area contributed by atoms with Gasteiger partial charge in [0.2, 0.25) is 8.41 Å². The summed E-state index contributed by atoms with van der Waals surface area (Å²) in [5.74, 6) is -0.000459. The molecule has 3 rings (SSSR count). The molecule has 1 amide bonds. The van der Waals surface area contributed by atoms with Gasteiger partial charge in [-0.15, -0.1) is 0 Å². The Labute approximate surface area is 179 Å². The molecule has 4 atom stereocenters. The van der Waals surface area contributed by atoms with Crippen LogP contribution in [0.25, 0.3) is 0 Å². The first-order valence-corrected chi connectivity index (χ1v) is 13.7. The van der Waals surface area contributed by atoms with Crippen molar-refractivity contribution in [3.63, 3.8) is 0 Å². The van der Waals surface area contributed by atoms with E-state index in [2.05, 4.69) is 12.2 Å². The maximum Gasteiger partial charge on any atom is 0.255 e. The number of benzene rings is 2. The summed E-state index contributed by atoms with van der Waals surface area (Å²) in [6, 6.07) is 17.0. The predicted molar refractivity (Wildman–Crippen MR) is 121 cm³/mol. The number of aliphatic hydroxyl groups excluding tert-OH is 1. The van der Waals surface area contributed by atoms with E-state index in [1.165, 1.54) is 0 Å². The van der Waals surface area contributed by atoms with Gasteiger partial charge in [0.05, 0.1) is 12.2 Å². The number of hydrogen-bond acceptors (Lipinski definition) is 3. The zero-order chi connectivity index (χ0) is 21.7. The van der Waals surface area contributed by atoms with E-state index in [9.17, 15) is 14.0 Å². The van der Waals surface area contributed by atoms with Crippen LogP contribution in [-0.4, -0.2) is 38.2 Å². The summed E-state index contributed by atoms with van der Waals surface area (Å²) in [4.78, 5) is 12.4. The summed E-state index contributed by atoms with van der Waals surface area (Å²) in [6.07, 6.45) is 1.86. The smallest absolute Gasteiger partial charge is 0.255 e. The summed E-state index contributed by atoms with van der Waals surface area (Å²) in [5, 5.41) is 12.3. The quantitative estimate of drug-likeness (QED) is 0.448. The van der Waals surface area contributed by atoms with Gasteiger partial charge in [-0.25, -0.2) is 0 Å². The molecule has 1 aliphatic rings. The van der Waals surface area contributed by atoms with Gasteiger partial charge in [-0.3, -0.25) is 4.79 Å².